The number of benzene rings is 2. The molecule has 7 heteroatoms. The van der Waals surface area contributed by atoms with Gasteiger partial charge in [0.1, 0.15) is 12.6 Å². The molecule has 0 aromatic heterocycles. The van der Waals surface area contributed by atoms with E-state index in [0.29, 0.717) is 19.4 Å². The van der Waals surface area contributed by atoms with Gasteiger partial charge in [-0.25, -0.2) is 9.59 Å². The van der Waals surface area contributed by atoms with E-state index in [1.807, 2.05) is 24.3 Å². The second kappa shape index (κ2) is 11.0. The maximum Gasteiger partial charge on any atom is 0.407 e. The van der Waals surface area contributed by atoms with Crippen molar-refractivity contribution in [3.8, 4) is 11.1 Å². The first kappa shape index (κ1) is 24.3. The molecule has 176 valence electrons. The Hall–Kier alpha value is -3.35. The molecular formula is C26H32N2O5. The molecule has 0 heterocycles. The Balaban J connectivity index is 1.42. The number of carbonyl (C=O) groups excluding carboxylic acids is 2. The van der Waals surface area contributed by atoms with Crippen molar-refractivity contribution < 1.29 is 24.2 Å². The number of hydrogen-bond donors (Lipinski definition) is 3. The number of aliphatic carboxylic acids is 1. The van der Waals surface area contributed by atoms with Gasteiger partial charge in [-0.15, -0.1) is 0 Å². The lowest BCUT2D eigenvalue weighted by Gasteiger charge is -2.20. The summed E-state index contributed by atoms with van der Waals surface area (Å²) in [6.45, 7) is 5.89. The van der Waals surface area contributed by atoms with Gasteiger partial charge in [0, 0.05) is 18.4 Å². The maximum atomic E-state index is 12.3. The molecule has 2 atom stereocenters. The van der Waals surface area contributed by atoms with Crippen LogP contribution in [0.25, 0.3) is 11.1 Å². The fraction of sp³-hybridized carbons (Fsp3) is 0.423. The van der Waals surface area contributed by atoms with Crippen LogP contribution in [0.1, 0.15) is 50.7 Å². The number of carboxylic acids is 1. The van der Waals surface area contributed by atoms with E-state index in [1.54, 1.807) is 20.8 Å². The average molecular weight is 453 g/mol. The number of ether oxygens (including phenoxy) is 1. The van der Waals surface area contributed by atoms with E-state index >= 15 is 0 Å². The van der Waals surface area contributed by atoms with Crippen LogP contribution in [-0.4, -0.2) is 42.3 Å². The molecule has 0 bridgehead atoms. The summed E-state index contributed by atoms with van der Waals surface area (Å²) in [5, 5.41) is 14.5. The van der Waals surface area contributed by atoms with Crippen molar-refractivity contribution in [2.45, 2.75) is 45.6 Å². The number of alkyl carbamates (subject to hydrolysis) is 1. The lowest BCUT2D eigenvalue weighted by molar-refractivity contribution is -0.143. The lowest BCUT2D eigenvalue weighted by Crippen LogP contribution is -2.46. The third-order valence-electron chi connectivity index (χ3n) is 6.10. The first-order chi connectivity index (χ1) is 15.8. The summed E-state index contributed by atoms with van der Waals surface area (Å²) >= 11 is 0. The van der Waals surface area contributed by atoms with Gasteiger partial charge in [0.25, 0.3) is 0 Å². The van der Waals surface area contributed by atoms with Gasteiger partial charge >= 0.3 is 12.1 Å². The van der Waals surface area contributed by atoms with E-state index in [4.69, 9.17) is 4.74 Å². The number of nitrogens with one attached hydrogen (secondary N) is 2. The van der Waals surface area contributed by atoms with Gasteiger partial charge in [-0.1, -0.05) is 69.3 Å². The van der Waals surface area contributed by atoms with Crippen molar-refractivity contribution >= 4 is 18.0 Å². The number of carboxylic acid groups (broad SMARTS) is 1. The van der Waals surface area contributed by atoms with E-state index in [0.717, 1.165) is 11.1 Å². The predicted molar refractivity (Wildman–Crippen MR) is 126 cm³/mol. The van der Waals surface area contributed by atoms with Gasteiger partial charge in [0.2, 0.25) is 5.91 Å². The molecule has 0 fully saturated rings. The Morgan fingerprint density at radius 1 is 0.970 bits per heavy atom. The van der Waals surface area contributed by atoms with Crippen LogP contribution in [0.5, 0.6) is 0 Å². The minimum atomic E-state index is -1.04. The van der Waals surface area contributed by atoms with E-state index in [1.165, 1.54) is 11.1 Å². The van der Waals surface area contributed by atoms with E-state index < -0.39 is 18.1 Å². The van der Waals surface area contributed by atoms with Gasteiger partial charge in [0.15, 0.2) is 0 Å². The molecule has 3 N–H and O–H groups in total. The standard InChI is InChI=1S/C26H32N2O5/c1-16(2)23(25(30)31)28-24(29)17(3)9-8-14-27-26(32)33-15-22-20-12-6-4-10-18(20)19-11-5-7-13-21(19)22/h4-7,10-13,16-17,22-23H,8-9,14-15H2,1-3H3,(H,27,32)(H,28,29)(H,30,31)/t17?,23-/m1/s1. The van der Waals surface area contributed by atoms with E-state index in [-0.39, 0.29) is 30.3 Å². The second-order valence-corrected chi connectivity index (χ2v) is 8.86. The quantitative estimate of drug-likeness (QED) is 0.470. The maximum absolute atomic E-state index is 12.3. The normalized spacial score (nSPS) is 14.2. The molecule has 0 spiro atoms. The van der Waals surface area contributed by atoms with Crippen molar-refractivity contribution in [3.05, 3.63) is 59.7 Å². The number of hydrogen-bond acceptors (Lipinski definition) is 4. The first-order valence-electron chi connectivity index (χ1n) is 11.4. The fourth-order valence-electron chi connectivity index (χ4n) is 4.19. The topological polar surface area (TPSA) is 105 Å². The second-order valence-electron chi connectivity index (χ2n) is 8.86. The van der Waals surface area contributed by atoms with Gasteiger partial charge in [-0.2, -0.15) is 0 Å². The Labute approximate surface area is 194 Å². The lowest BCUT2D eigenvalue weighted by atomic mass is 9.98. The monoisotopic (exact) mass is 452 g/mol. The van der Waals surface area contributed by atoms with Crippen LogP contribution in [0.3, 0.4) is 0 Å². The molecule has 7 nitrogen and oxygen atoms in total. The smallest absolute Gasteiger partial charge is 0.407 e. The average Bonchev–Trinajstić information content (AvgIpc) is 3.12. The SMILES string of the molecule is CC(CCCNC(=O)OCC1c2ccccc2-c2ccccc21)C(=O)N[C@@H](C(=O)O)C(C)C. The van der Waals surface area contributed by atoms with Crippen molar-refractivity contribution in [2.75, 3.05) is 13.2 Å². The van der Waals surface area contributed by atoms with Crippen LogP contribution < -0.4 is 10.6 Å². The van der Waals surface area contributed by atoms with E-state index in [9.17, 15) is 19.5 Å². The van der Waals surface area contributed by atoms with Gasteiger partial charge in [-0.3, -0.25) is 4.79 Å². The van der Waals surface area contributed by atoms with Crippen LogP contribution >= 0.6 is 0 Å². The summed E-state index contributed by atoms with van der Waals surface area (Å²) < 4.78 is 5.50. The Morgan fingerprint density at radius 2 is 1.55 bits per heavy atom. The first-order valence-corrected chi connectivity index (χ1v) is 11.4. The molecule has 1 aliphatic carbocycles. The highest BCUT2D eigenvalue weighted by atomic mass is 16.5. The number of amides is 2. The number of fused-ring (bicyclic) bond motifs is 3. The number of carbonyl (C=O) groups is 3. The molecular weight excluding hydrogens is 420 g/mol. The minimum Gasteiger partial charge on any atom is -0.480 e. The van der Waals surface area contributed by atoms with Crippen LogP contribution in [0, 0.1) is 11.8 Å². The molecule has 3 rings (SSSR count). The highest BCUT2D eigenvalue weighted by molar-refractivity contribution is 5.85. The molecule has 2 aromatic carbocycles. The van der Waals surface area contributed by atoms with Crippen molar-refractivity contribution in [1.82, 2.24) is 10.6 Å². The highest BCUT2D eigenvalue weighted by Crippen LogP contribution is 2.44. The van der Waals surface area contributed by atoms with Gasteiger partial charge < -0.3 is 20.5 Å². The van der Waals surface area contributed by atoms with Crippen molar-refractivity contribution in [1.29, 1.82) is 0 Å². The molecule has 0 saturated carbocycles. The van der Waals surface area contributed by atoms with E-state index in [2.05, 4.69) is 34.9 Å². The van der Waals surface area contributed by atoms with Gasteiger partial charge in [0.05, 0.1) is 0 Å². The zero-order valence-electron chi connectivity index (χ0n) is 19.3. The third kappa shape index (κ3) is 5.92. The van der Waals surface area contributed by atoms with Crippen LogP contribution in [0.4, 0.5) is 4.79 Å². The van der Waals surface area contributed by atoms with Crippen molar-refractivity contribution in [3.63, 3.8) is 0 Å². The highest BCUT2D eigenvalue weighted by Gasteiger charge is 2.29. The summed E-state index contributed by atoms with van der Waals surface area (Å²) in [6.07, 6.45) is 0.623. The molecule has 33 heavy (non-hydrogen) atoms. The minimum absolute atomic E-state index is 0.00927. The van der Waals surface area contributed by atoms with Crippen LogP contribution in [-0.2, 0) is 14.3 Å². The predicted octanol–water partition coefficient (Wildman–Crippen LogP) is 4.17. The summed E-state index contributed by atoms with van der Waals surface area (Å²) in [4.78, 5) is 35.7. The summed E-state index contributed by atoms with van der Waals surface area (Å²) in [6, 6.07) is 15.4. The summed E-state index contributed by atoms with van der Waals surface area (Å²) in [5.41, 5.74) is 4.67. The Kier molecular flexibility index (Phi) is 8.09. The Bertz CT molecular complexity index is 958. The largest absolute Gasteiger partial charge is 0.480 e. The molecule has 0 aliphatic heterocycles. The Morgan fingerprint density at radius 3 is 2.09 bits per heavy atom. The summed E-state index contributed by atoms with van der Waals surface area (Å²) in [5.74, 6) is -1.88. The molecule has 0 radical (unpaired) electrons. The molecule has 1 aliphatic rings. The zero-order valence-corrected chi connectivity index (χ0v) is 19.3. The van der Waals surface area contributed by atoms with Crippen molar-refractivity contribution in [2.24, 2.45) is 11.8 Å². The fourth-order valence-corrected chi connectivity index (χ4v) is 4.19. The zero-order chi connectivity index (χ0) is 24.0. The third-order valence-corrected chi connectivity index (χ3v) is 6.10. The molecule has 1 unspecified atom stereocenters. The number of rotatable bonds is 10. The molecule has 2 amide bonds. The van der Waals surface area contributed by atoms with Crippen LogP contribution in [0.2, 0.25) is 0 Å². The summed E-state index contributed by atoms with van der Waals surface area (Å²) in [7, 11) is 0. The van der Waals surface area contributed by atoms with Crippen LogP contribution in [0.15, 0.2) is 48.5 Å². The molecule has 0 saturated heterocycles. The van der Waals surface area contributed by atoms with Gasteiger partial charge in [-0.05, 0) is 41.0 Å². The molecule has 2 aromatic rings.